The van der Waals surface area contributed by atoms with Gasteiger partial charge < -0.3 is 5.73 Å². The molecule has 3 rings (SSSR count). The predicted octanol–water partition coefficient (Wildman–Crippen LogP) is 3.26. The maximum Gasteiger partial charge on any atom is 0.294 e. The van der Waals surface area contributed by atoms with E-state index < -0.39 is 10.1 Å². The van der Waals surface area contributed by atoms with Gasteiger partial charge in [-0.15, -0.1) is 0 Å². The summed E-state index contributed by atoms with van der Waals surface area (Å²) in [6.45, 7) is 0. The summed E-state index contributed by atoms with van der Waals surface area (Å²) < 4.78 is 31.4. The Morgan fingerprint density at radius 1 is 0.818 bits per heavy atom. The lowest BCUT2D eigenvalue weighted by Gasteiger charge is -2.06. The van der Waals surface area contributed by atoms with Crippen LogP contribution >= 0.6 is 0 Å². The van der Waals surface area contributed by atoms with Crippen molar-refractivity contribution in [3.05, 3.63) is 71.8 Å². The van der Waals surface area contributed by atoms with Crippen molar-refractivity contribution in [1.82, 2.24) is 0 Å². The molecule has 22 heavy (non-hydrogen) atoms. The van der Waals surface area contributed by atoms with E-state index in [0.717, 1.165) is 34.0 Å². The molecule has 0 unspecified atom stereocenters. The Labute approximate surface area is 129 Å². The molecule has 0 heterocycles. The third-order valence-corrected chi connectivity index (χ3v) is 4.41. The largest absolute Gasteiger partial charge is 0.399 e. The average molecular weight is 313 g/mol. The molecule has 0 bridgehead atoms. The topological polar surface area (TPSA) is 80.4 Å². The van der Waals surface area contributed by atoms with Crippen molar-refractivity contribution in [1.29, 1.82) is 0 Å². The standard InChI is InChI=1S/C17H15NO3S/c18-16-6-2-12(3-7-16)9-13-1-4-15-11-17(22(19,20)21)8-5-14(15)10-13/h1-8,10-11H,9,18H2,(H,19,20,21). The molecule has 0 spiro atoms. The smallest absolute Gasteiger partial charge is 0.294 e. The monoisotopic (exact) mass is 313 g/mol. The highest BCUT2D eigenvalue weighted by Gasteiger charge is 2.09. The van der Waals surface area contributed by atoms with Gasteiger partial charge in [-0.25, -0.2) is 0 Å². The van der Waals surface area contributed by atoms with Gasteiger partial charge in [0.2, 0.25) is 0 Å². The first kappa shape index (κ1) is 14.6. The molecule has 0 fully saturated rings. The number of hydrogen-bond acceptors (Lipinski definition) is 3. The molecular weight excluding hydrogens is 298 g/mol. The highest BCUT2D eigenvalue weighted by molar-refractivity contribution is 7.85. The minimum atomic E-state index is -4.17. The van der Waals surface area contributed by atoms with Crippen LogP contribution in [0.25, 0.3) is 10.8 Å². The summed E-state index contributed by atoms with van der Waals surface area (Å²) in [5.74, 6) is 0. The van der Waals surface area contributed by atoms with Gasteiger partial charge in [0, 0.05) is 5.69 Å². The van der Waals surface area contributed by atoms with Crippen LogP contribution in [0.5, 0.6) is 0 Å². The molecule has 0 aromatic heterocycles. The first-order valence-corrected chi connectivity index (χ1v) is 8.20. The Bertz CT molecular complexity index is 932. The molecular formula is C17H15NO3S. The van der Waals surface area contributed by atoms with E-state index in [0.29, 0.717) is 0 Å². The molecule has 112 valence electrons. The molecule has 0 aliphatic rings. The van der Waals surface area contributed by atoms with Gasteiger partial charge in [-0.3, -0.25) is 4.55 Å². The van der Waals surface area contributed by atoms with Crippen LogP contribution in [-0.4, -0.2) is 13.0 Å². The van der Waals surface area contributed by atoms with Crippen LogP contribution in [0, 0.1) is 0 Å². The fourth-order valence-electron chi connectivity index (χ4n) is 2.41. The molecule has 0 aliphatic heterocycles. The van der Waals surface area contributed by atoms with Crippen molar-refractivity contribution in [3.63, 3.8) is 0 Å². The molecule has 5 heteroatoms. The summed E-state index contributed by atoms with van der Waals surface area (Å²) >= 11 is 0. The van der Waals surface area contributed by atoms with E-state index in [1.807, 2.05) is 42.5 Å². The average Bonchev–Trinajstić information content (AvgIpc) is 2.48. The van der Waals surface area contributed by atoms with Gasteiger partial charge in [-0.05, 0) is 52.6 Å². The zero-order valence-corrected chi connectivity index (χ0v) is 12.5. The molecule has 3 aromatic rings. The van der Waals surface area contributed by atoms with Crippen LogP contribution in [0.1, 0.15) is 11.1 Å². The molecule has 3 aromatic carbocycles. The van der Waals surface area contributed by atoms with Gasteiger partial charge in [0.15, 0.2) is 0 Å². The number of benzene rings is 3. The van der Waals surface area contributed by atoms with Crippen molar-refractivity contribution in [3.8, 4) is 0 Å². The molecule has 4 nitrogen and oxygen atoms in total. The molecule has 0 atom stereocenters. The second kappa shape index (κ2) is 5.44. The zero-order valence-electron chi connectivity index (χ0n) is 11.7. The van der Waals surface area contributed by atoms with Gasteiger partial charge in [-0.1, -0.05) is 36.4 Å². The van der Waals surface area contributed by atoms with Crippen LogP contribution in [0.15, 0.2) is 65.6 Å². The van der Waals surface area contributed by atoms with Gasteiger partial charge >= 0.3 is 0 Å². The number of anilines is 1. The van der Waals surface area contributed by atoms with Gasteiger partial charge in [0.1, 0.15) is 0 Å². The summed E-state index contributed by atoms with van der Waals surface area (Å²) in [5, 5.41) is 1.71. The molecule has 0 radical (unpaired) electrons. The Balaban J connectivity index is 1.95. The fourth-order valence-corrected chi connectivity index (χ4v) is 2.93. The van der Waals surface area contributed by atoms with E-state index in [9.17, 15) is 8.42 Å². The van der Waals surface area contributed by atoms with E-state index in [4.69, 9.17) is 10.3 Å². The number of nitrogen functional groups attached to an aromatic ring is 1. The second-order valence-electron chi connectivity index (χ2n) is 5.24. The number of rotatable bonds is 3. The lowest BCUT2D eigenvalue weighted by atomic mass is 10.0. The second-order valence-corrected chi connectivity index (χ2v) is 6.66. The highest BCUT2D eigenvalue weighted by atomic mass is 32.2. The third kappa shape index (κ3) is 3.10. The summed E-state index contributed by atoms with van der Waals surface area (Å²) in [5.41, 5.74) is 8.69. The maximum atomic E-state index is 11.2. The van der Waals surface area contributed by atoms with Crippen molar-refractivity contribution >= 4 is 26.6 Å². The number of fused-ring (bicyclic) bond motifs is 1. The Hall–Kier alpha value is -2.37. The quantitative estimate of drug-likeness (QED) is 0.574. The summed E-state index contributed by atoms with van der Waals surface area (Å²) in [6.07, 6.45) is 0.774. The van der Waals surface area contributed by atoms with Crippen LogP contribution in [0.3, 0.4) is 0 Å². The van der Waals surface area contributed by atoms with E-state index >= 15 is 0 Å². The molecule has 0 saturated carbocycles. The SMILES string of the molecule is Nc1ccc(Cc2ccc3cc(S(=O)(=O)O)ccc3c2)cc1. The van der Waals surface area contributed by atoms with Gasteiger partial charge in [0.25, 0.3) is 10.1 Å². The van der Waals surface area contributed by atoms with Crippen LogP contribution in [-0.2, 0) is 16.5 Å². The number of nitrogens with two attached hydrogens (primary N) is 1. The van der Waals surface area contributed by atoms with Crippen LogP contribution < -0.4 is 5.73 Å². The van der Waals surface area contributed by atoms with E-state index in [2.05, 4.69) is 0 Å². The Morgan fingerprint density at radius 3 is 2.09 bits per heavy atom. The molecule has 0 amide bonds. The van der Waals surface area contributed by atoms with Crippen molar-refractivity contribution < 1.29 is 13.0 Å². The first-order valence-electron chi connectivity index (χ1n) is 6.76. The first-order chi connectivity index (χ1) is 10.4. The molecule has 3 N–H and O–H groups in total. The van der Waals surface area contributed by atoms with E-state index in [1.165, 1.54) is 12.1 Å². The van der Waals surface area contributed by atoms with Gasteiger partial charge in [-0.2, -0.15) is 8.42 Å². The van der Waals surface area contributed by atoms with E-state index in [-0.39, 0.29) is 4.90 Å². The van der Waals surface area contributed by atoms with Crippen molar-refractivity contribution in [2.24, 2.45) is 0 Å². The van der Waals surface area contributed by atoms with E-state index in [1.54, 1.807) is 6.07 Å². The fraction of sp³-hybridized carbons (Fsp3) is 0.0588. The maximum absolute atomic E-state index is 11.2. The van der Waals surface area contributed by atoms with Crippen LogP contribution in [0.2, 0.25) is 0 Å². The zero-order chi connectivity index (χ0) is 15.7. The van der Waals surface area contributed by atoms with Crippen molar-refractivity contribution in [2.45, 2.75) is 11.3 Å². The van der Waals surface area contributed by atoms with Gasteiger partial charge in [0.05, 0.1) is 4.90 Å². The number of hydrogen-bond donors (Lipinski definition) is 2. The highest BCUT2D eigenvalue weighted by Crippen LogP contribution is 2.22. The predicted molar refractivity (Wildman–Crippen MR) is 87.4 cm³/mol. The minimum Gasteiger partial charge on any atom is -0.399 e. The summed E-state index contributed by atoms with van der Waals surface area (Å²) in [4.78, 5) is -0.0914. The Kier molecular flexibility index (Phi) is 3.60. The van der Waals surface area contributed by atoms with Crippen LogP contribution in [0.4, 0.5) is 5.69 Å². The van der Waals surface area contributed by atoms with Crippen molar-refractivity contribution in [2.75, 3.05) is 5.73 Å². The summed E-state index contributed by atoms with van der Waals surface area (Å²) in [6, 6.07) is 18.1. The minimum absolute atomic E-state index is 0.0914. The normalized spacial score (nSPS) is 11.7. The third-order valence-electron chi connectivity index (χ3n) is 3.56. The Morgan fingerprint density at radius 2 is 1.41 bits per heavy atom. The molecule has 0 aliphatic carbocycles. The molecule has 0 saturated heterocycles. The summed E-state index contributed by atoms with van der Waals surface area (Å²) in [7, 11) is -4.17. The lowest BCUT2D eigenvalue weighted by molar-refractivity contribution is 0.483. The lowest BCUT2D eigenvalue weighted by Crippen LogP contribution is -1.97.